The lowest BCUT2D eigenvalue weighted by Crippen LogP contribution is -2.39. The molecule has 0 heterocycles. The molecule has 0 radical (unpaired) electrons. The molecule has 0 spiro atoms. The van der Waals surface area contributed by atoms with Crippen molar-refractivity contribution in [2.24, 2.45) is 0 Å². The molecule has 0 saturated heterocycles. The van der Waals surface area contributed by atoms with Crippen LogP contribution in [0.1, 0.15) is 31.1 Å². The summed E-state index contributed by atoms with van der Waals surface area (Å²) in [7, 11) is -0.998. The molecular weight excluding hydrogens is 288 g/mol. The molecule has 0 fully saturated rings. The molecule has 0 aromatic heterocycles. The van der Waals surface area contributed by atoms with Crippen molar-refractivity contribution in [3.8, 4) is 0 Å². The number of carbonyl (C=O) groups excluding carboxylic acids is 2. The lowest BCUT2D eigenvalue weighted by atomic mass is 10.2. The molecule has 2 amide bonds. The third-order valence-electron chi connectivity index (χ3n) is 2.74. The molecule has 116 valence electrons. The second-order valence-corrected chi connectivity index (χ2v) is 7.88. The van der Waals surface area contributed by atoms with Crippen LogP contribution in [-0.4, -0.2) is 39.6 Å². The Morgan fingerprint density at radius 2 is 1.71 bits per heavy atom. The summed E-state index contributed by atoms with van der Waals surface area (Å²) in [6, 6.07) is 8.70. The molecule has 1 aromatic carbocycles. The number of hydrogen-bond acceptors (Lipinski definition) is 3. The van der Waals surface area contributed by atoms with Crippen molar-refractivity contribution >= 4 is 22.6 Å². The van der Waals surface area contributed by atoms with E-state index in [1.165, 1.54) is 0 Å². The topological polar surface area (TPSA) is 75.3 Å². The Balaban J connectivity index is 2.26. The fourth-order valence-corrected chi connectivity index (χ4v) is 2.40. The van der Waals surface area contributed by atoms with Gasteiger partial charge < -0.3 is 10.6 Å². The van der Waals surface area contributed by atoms with Crippen LogP contribution < -0.4 is 10.6 Å². The lowest BCUT2D eigenvalue weighted by molar-refractivity contribution is -0.120. The Morgan fingerprint density at radius 1 is 1.10 bits per heavy atom. The quantitative estimate of drug-likeness (QED) is 0.825. The summed E-state index contributed by atoms with van der Waals surface area (Å²) in [5.41, 5.74) is 0.513. The van der Waals surface area contributed by atoms with Gasteiger partial charge in [0.15, 0.2) is 0 Å². The molecule has 2 N–H and O–H groups in total. The Hall–Kier alpha value is -1.69. The number of carbonyl (C=O) groups is 2. The van der Waals surface area contributed by atoms with Crippen molar-refractivity contribution in [3.63, 3.8) is 0 Å². The highest BCUT2D eigenvalue weighted by Gasteiger charge is 2.18. The van der Waals surface area contributed by atoms with E-state index in [0.717, 1.165) is 0 Å². The first-order chi connectivity index (χ1) is 9.80. The number of nitrogens with one attached hydrogen (secondary N) is 2. The fraction of sp³-hybridized carbons (Fsp3) is 0.467. The van der Waals surface area contributed by atoms with Gasteiger partial charge in [0.2, 0.25) is 5.91 Å². The number of amides is 2. The monoisotopic (exact) mass is 310 g/mol. The van der Waals surface area contributed by atoms with Crippen LogP contribution in [0.5, 0.6) is 0 Å². The van der Waals surface area contributed by atoms with Gasteiger partial charge in [0.1, 0.15) is 0 Å². The van der Waals surface area contributed by atoms with Crippen LogP contribution in [0.4, 0.5) is 0 Å². The van der Waals surface area contributed by atoms with Crippen molar-refractivity contribution in [3.05, 3.63) is 35.9 Å². The molecule has 6 heteroatoms. The zero-order valence-corrected chi connectivity index (χ0v) is 13.5. The minimum Gasteiger partial charge on any atom is -0.354 e. The van der Waals surface area contributed by atoms with Gasteiger partial charge in [-0.05, 0) is 32.9 Å². The standard InChI is InChI=1S/C15H22N2O3S/c1-15(2,3)21(20)10-9-16-13(18)11-17-14(19)12-7-5-4-6-8-12/h4-8H,9-11H2,1-3H3,(H,16,18)(H,17,19)/t21-/m0/s1. The maximum Gasteiger partial charge on any atom is 0.251 e. The largest absolute Gasteiger partial charge is 0.354 e. The maximum absolute atomic E-state index is 11.8. The van der Waals surface area contributed by atoms with Crippen LogP contribution in [-0.2, 0) is 15.6 Å². The summed E-state index contributed by atoms with van der Waals surface area (Å²) in [5, 5.41) is 5.19. The van der Waals surface area contributed by atoms with Crippen LogP contribution in [0.2, 0.25) is 0 Å². The van der Waals surface area contributed by atoms with E-state index in [0.29, 0.717) is 17.9 Å². The van der Waals surface area contributed by atoms with Crippen molar-refractivity contribution in [2.45, 2.75) is 25.5 Å². The highest BCUT2D eigenvalue weighted by molar-refractivity contribution is 7.86. The lowest BCUT2D eigenvalue weighted by Gasteiger charge is -2.17. The van der Waals surface area contributed by atoms with E-state index in [-0.39, 0.29) is 23.1 Å². The van der Waals surface area contributed by atoms with Gasteiger partial charge in [-0.1, -0.05) is 18.2 Å². The molecule has 0 aliphatic heterocycles. The van der Waals surface area contributed by atoms with Gasteiger partial charge in [-0.3, -0.25) is 13.8 Å². The predicted molar refractivity (Wildman–Crippen MR) is 84.5 cm³/mol. The normalized spacial score (nSPS) is 12.5. The molecule has 0 bridgehead atoms. The maximum atomic E-state index is 11.8. The molecule has 21 heavy (non-hydrogen) atoms. The van der Waals surface area contributed by atoms with Crippen LogP contribution in [0.25, 0.3) is 0 Å². The number of hydrogen-bond donors (Lipinski definition) is 2. The van der Waals surface area contributed by atoms with E-state index in [1.54, 1.807) is 24.3 Å². The molecule has 5 nitrogen and oxygen atoms in total. The Morgan fingerprint density at radius 3 is 2.29 bits per heavy atom. The molecule has 1 aromatic rings. The van der Waals surface area contributed by atoms with Gasteiger partial charge >= 0.3 is 0 Å². The van der Waals surface area contributed by atoms with Gasteiger partial charge in [0.25, 0.3) is 5.91 Å². The SMILES string of the molecule is CC(C)(C)[S@@](=O)CCNC(=O)CNC(=O)c1ccccc1. The van der Waals surface area contributed by atoms with Crippen LogP contribution in [0.3, 0.4) is 0 Å². The molecule has 1 rings (SSSR count). The first-order valence-electron chi connectivity index (χ1n) is 6.79. The van der Waals surface area contributed by atoms with Crippen molar-refractivity contribution in [1.29, 1.82) is 0 Å². The summed E-state index contributed by atoms with van der Waals surface area (Å²) >= 11 is 0. The molecule has 0 unspecified atom stereocenters. The Labute approximate surface area is 128 Å². The first kappa shape index (κ1) is 17.4. The highest BCUT2D eigenvalue weighted by Crippen LogP contribution is 2.10. The smallest absolute Gasteiger partial charge is 0.251 e. The van der Waals surface area contributed by atoms with Crippen molar-refractivity contribution in [2.75, 3.05) is 18.8 Å². The molecule has 0 saturated carbocycles. The van der Waals surface area contributed by atoms with E-state index >= 15 is 0 Å². The Kier molecular flexibility index (Phi) is 6.55. The summed E-state index contributed by atoms with van der Waals surface area (Å²) in [6.07, 6.45) is 0. The fourth-order valence-electron chi connectivity index (χ4n) is 1.50. The van der Waals surface area contributed by atoms with Gasteiger partial charge in [-0.25, -0.2) is 0 Å². The van der Waals surface area contributed by atoms with Crippen molar-refractivity contribution < 1.29 is 13.8 Å². The summed E-state index contributed by atoms with van der Waals surface area (Å²) < 4.78 is 11.5. The third-order valence-corrected chi connectivity index (χ3v) is 4.68. The minimum atomic E-state index is -0.998. The molecular formula is C15H22N2O3S. The zero-order chi connectivity index (χ0) is 15.9. The van der Waals surface area contributed by atoms with E-state index in [1.807, 2.05) is 26.8 Å². The molecule has 0 aliphatic rings. The average molecular weight is 310 g/mol. The first-order valence-corrected chi connectivity index (χ1v) is 8.11. The van der Waals surface area contributed by atoms with Crippen LogP contribution >= 0.6 is 0 Å². The van der Waals surface area contributed by atoms with Crippen LogP contribution in [0, 0.1) is 0 Å². The second-order valence-electron chi connectivity index (χ2n) is 5.56. The molecule has 1 atom stereocenters. The van der Waals surface area contributed by atoms with E-state index in [9.17, 15) is 13.8 Å². The van der Waals surface area contributed by atoms with Gasteiger partial charge in [-0.15, -0.1) is 0 Å². The third kappa shape index (κ3) is 6.53. The summed E-state index contributed by atoms with van der Waals surface area (Å²) in [5.74, 6) is -0.170. The molecule has 0 aliphatic carbocycles. The highest BCUT2D eigenvalue weighted by atomic mass is 32.2. The second kappa shape index (κ2) is 7.93. The van der Waals surface area contributed by atoms with E-state index in [2.05, 4.69) is 10.6 Å². The van der Waals surface area contributed by atoms with Crippen molar-refractivity contribution in [1.82, 2.24) is 10.6 Å². The van der Waals surface area contributed by atoms with E-state index in [4.69, 9.17) is 0 Å². The Bertz CT molecular complexity index is 509. The van der Waals surface area contributed by atoms with Gasteiger partial charge in [-0.2, -0.15) is 0 Å². The average Bonchev–Trinajstić information content (AvgIpc) is 2.44. The number of rotatable bonds is 6. The minimum absolute atomic E-state index is 0.0874. The summed E-state index contributed by atoms with van der Waals surface area (Å²) in [6.45, 7) is 5.93. The van der Waals surface area contributed by atoms with Gasteiger partial charge in [0, 0.05) is 33.4 Å². The summed E-state index contributed by atoms with van der Waals surface area (Å²) in [4.78, 5) is 23.3. The van der Waals surface area contributed by atoms with E-state index < -0.39 is 10.8 Å². The predicted octanol–water partition coefficient (Wildman–Crippen LogP) is 1.08. The van der Waals surface area contributed by atoms with Gasteiger partial charge in [0.05, 0.1) is 6.54 Å². The van der Waals surface area contributed by atoms with Crippen LogP contribution in [0.15, 0.2) is 30.3 Å². The zero-order valence-electron chi connectivity index (χ0n) is 12.6. The number of benzene rings is 1.